The van der Waals surface area contributed by atoms with Crippen molar-refractivity contribution in [2.45, 2.75) is 43.9 Å². The van der Waals surface area contributed by atoms with E-state index < -0.39 is 30.7 Å². The van der Waals surface area contributed by atoms with Gasteiger partial charge in [0.25, 0.3) is 0 Å². The Morgan fingerprint density at radius 3 is 2.12 bits per heavy atom. The van der Waals surface area contributed by atoms with Crippen molar-refractivity contribution < 1.29 is 38.3 Å². The average Bonchev–Trinajstić information content (AvgIpc) is 2.84. The first-order valence-corrected chi connectivity index (χ1v) is 10.5. The highest BCUT2D eigenvalue weighted by Gasteiger charge is 2.47. The van der Waals surface area contributed by atoms with Crippen molar-refractivity contribution in [1.82, 2.24) is 0 Å². The monoisotopic (exact) mass is 448 g/mol. The van der Waals surface area contributed by atoms with Crippen molar-refractivity contribution in [3.63, 3.8) is 0 Å². The summed E-state index contributed by atoms with van der Waals surface area (Å²) < 4.78 is 39.3. The van der Waals surface area contributed by atoms with Crippen LogP contribution in [0.3, 0.4) is 0 Å². The molecule has 1 saturated heterocycles. The van der Waals surface area contributed by atoms with Crippen molar-refractivity contribution in [1.29, 1.82) is 0 Å². The minimum absolute atomic E-state index is 0.0928. The maximum Gasteiger partial charge on any atom is 0.186 e. The van der Waals surface area contributed by atoms with Gasteiger partial charge < -0.3 is 38.3 Å². The molecule has 1 N–H and O–H groups in total. The molecule has 1 aliphatic rings. The summed E-state index contributed by atoms with van der Waals surface area (Å²) in [4.78, 5) is 0. The van der Waals surface area contributed by atoms with E-state index in [-0.39, 0.29) is 20.0 Å². The lowest BCUT2D eigenvalue weighted by atomic mass is 9.98. The van der Waals surface area contributed by atoms with Gasteiger partial charge in [0.1, 0.15) is 37.0 Å². The third-order valence-corrected chi connectivity index (χ3v) is 5.22. The second-order valence-electron chi connectivity index (χ2n) is 7.43. The van der Waals surface area contributed by atoms with Gasteiger partial charge in [-0.1, -0.05) is 42.5 Å². The number of benzene rings is 2. The van der Waals surface area contributed by atoms with Gasteiger partial charge in [-0.3, -0.25) is 0 Å². The zero-order chi connectivity index (χ0) is 22.8. The lowest BCUT2D eigenvalue weighted by molar-refractivity contribution is -0.317. The molecule has 0 saturated carbocycles. The molecule has 0 aliphatic carbocycles. The molecule has 0 radical (unpaired) electrons. The lowest BCUT2D eigenvalue weighted by Crippen LogP contribution is -2.60. The second kappa shape index (κ2) is 12.9. The number of aliphatic hydroxyl groups is 1. The molecule has 0 aromatic heterocycles. The van der Waals surface area contributed by atoms with E-state index in [1.54, 1.807) is 7.11 Å². The maximum atomic E-state index is 11.0. The quantitative estimate of drug-likeness (QED) is 0.392. The fraction of sp³-hybridized carbons (Fsp3) is 0.500. The van der Waals surface area contributed by atoms with Crippen molar-refractivity contribution in [2.24, 2.45) is 0 Å². The van der Waals surface area contributed by atoms with Gasteiger partial charge in [-0.15, -0.1) is 0 Å². The van der Waals surface area contributed by atoms with E-state index in [0.717, 1.165) is 16.9 Å². The lowest BCUT2D eigenvalue weighted by Gasteiger charge is -2.43. The molecule has 0 spiro atoms. The molecule has 0 bridgehead atoms. The molecule has 0 amide bonds. The Hall–Kier alpha value is -2.04. The van der Waals surface area contributed by atoms with Crippen LogP contribution in [0.5, 0.6) is 5.75 Å². The van der Waals surface area contributed by atoms with E-state index in [1.807, 2.05) is 54.6 Å². The summed E-state index contributed by atoms with van der Waals surface area (Å²) in [5, 5.41) is 11.0. The Balaban J connectivity index is 1.73. The number of methoxy groups -OCH3 is 3. The summed E-state index contributed by atoms with van der Waals surface area (Å²) in [6.45, 7) is 0.825. The van der Waals surface area contributed by atoms with Gasteiger partial charge in [0.15, 0.2) is 6.29 Å². The van der Waals surface area contributed by atoms with Crippen LogP contribution in [0.4, 0.5) is 0 Å². The number of ether oxygens (including phenoxy) is 7. The Labute approximate surface area is 188 Å². The van der Waals surface area contributed by atoms with E-state index in [1.165, 1.54) is 14.2 Å². The number of rotatable bonds is 12. The molecule has 5 atom stereocenters. The predicted molar refractivity (Wildman–Crippen MR) is 116 cm³/mol. The van der Waals surface area contributed by atoms with Crippen LogP contribution in [-0.2, 0) is 41.6 Å². The number of hydrogen-bond acceptors (Lipinski definition) is 8. The highest BCUT2D eigenvalue weighted by molar-refractivity contribution is 5.26. The zero-order valence-corrected chi connectivity index (χ0v) is 18.7. The molecule has 1 fully saturated rings. The van der Waals surface area contributed by atoms with Crippen LogP contribution in [0.15, 0.2) is 54.6 Å². The smallest absolute Gasteiger partial charge is 0.186 e. The highest BCUT2D eigenvalue weighted by atomic mass is 16.7. The van der Waals surface area contributed by atoms with Crippen molar-refractivity contribution in [3.05, 3.63) is 65.7 Å². The zero-order valence-electron chi connectivity index (χ0n) is 18.7. The molecule has 8 heteroatoms. The van der Waals surface area contributed by atoms with Gasteiger partial charge >= 0.3 is 0 Å². The van der Waals surface area contributed by atoms with Crippen LogP contribution in [0, 0.1) is 0 Å². The van der Waals surface area contributed by atoms with Gasteiger partial charge in [-0.05, 0) is 23.3 Å². The molecule has 1 heterocycles. The minimum atomic E-state index is -0.989. The molecule has 176 valence electrons. The first kappa shape index (κ1) is 24.6. The van der Waals surface area contributed by atoms with Crippen molar-refractivity contribution in [2.75, 3.05) is 34.7 Å². The Morgan fingerprint density at radius 2 is 1.50 bits per heavy atom. The summed E-state index contributed by atoms with van der Waals surface area (Å²) in [6, 6.07) is 17.3. The topological polar surface area (TPSA) is 84.8 Å². The predicted octanol–water partition coefficient (Wildman–Crippen LogP) is 2.52. The fourth-order valence-electron chi connectivity index (χ4n) is 3.51. The fourth-order valence-corrected chi connectivity index (χ4v) is 3.51. The minimum Gasteiger partial charge on any atom is -0.497 e. The van der Waals surface area contributed by atoms with Crippen LogP contribution in [0.25, 0.3) is 0 Å². The number of aliphatic hydroxyl groups excluding tert-OH is 1. The summed E-state index contributed by atoms with van der Waals surface area (Å²) in [5.41, 5.74) is 1.93. The second-order valence-corrected chi connectivity index (χ2v) is 7.43. The number of hydrogen-bond donors (Lipinski definition) is 1. The third kappa shape index (κ3) is 6.73. The summed E-state index contributed by atoms with van der Waals surface area (Å²) in [6.07, 6.45) is -3.73. The Morgan fingerprint density at radius 1 is 0.844 bits per heavy atom. The maximum absolute atomic E-state index is 11.0. The largest absolute Gasteiger partial charge is 0.497 e. The van der Waals surface area contributed by atoms with Crippen LogP contribution < -0.4 is 4.74 Å². The molecule has 1 aliphatic heterocycles. The van der Waals surface area contributed by atoms with E-state index in [0.29, 0.717) is 6.61 Å². The van der Waals surface area contributed by atoms with Gasteiger partial charge in [0.05, 0.1) is 26.9 Å². The van der Waals surface area contributed by atoms with Crippen LogP contribution >= 0.6 is 0 Å². The van der Waals surface area contributed by atoms with Gasteiger partial charge in [0, 0.05) is 14.2 Å². The molecule has 32 heavy (non-hydrogen) atoms. The van der Waals surface area contributed by atoms with Crippen LogP contribution in [0.1, 0.15) is 11.1 Å². The molecule has 3 rings (SSSR count). The van der Waals surface area contributed by atoms with E-state index >= 15 is 0 Å². The molecule has 8 nitrogen and oxygen atoms in total. The van der Waals surface area contributed by atoms with E-state index in [4.69, 9.17) is 33.2 Å². The van der Waals surface area contributed by atoms with Gasteiger partial charge in [-0.25, -0.2) is 0 Å². The first-order valence-electron chi connectivity index (χ1n) is 10.5. The van der Waals surface area contributed by atoms with Crippen LogP contribution in [0.2, 0.25) is 0 Å². The highest BCUT2D eigenvalue weighted by Crippen LogP contribution is 2.28. The third-order valence-electron chi connectivity index (χ3n) is 5.22. The summed E-state index contributed by atoms with van der Waals surface area (Å²) >= 11 is 0. The van der Waals surface area contributed by atoms with E-state index in [2.05, 4.69) is 0 Å². The van der Waals surface area contributed by atoms with Gasteiger partial charge in [-0.2, -0.15) is 0 Å². The van der Waals surface area contributed by atoms with Crippen LogP contribution in [-0.4, -0.2) is 70.5 Å². The summed E-state index contributed by atoms with van der Waals surface area (Å²) in [7, 11) is 4.69. The van der Waals surface area contributed by atoms with Crippen molar-refractivity contribution >= 4 is 0 Å². The van der Waals surface area contributed by atoms with Gasteiger partial charge in [0.2, 0.25) is 0 Å². The Kier molecular flexibility index (Phi) is 9.89. The van der Waals surface area contributed by atoms with Crippen molar-refractivity contribution in [3.8, 4) is 5.75 Å². The molecule has 2 aromatic carbocycles. The molecule has 0 unspecified atom stereocenters. The normalized spacial score (nSPS) is 25.6. The average molecular weight is 449 g/mol. The Bertz CT molecular complexity index is 769. The first-order chi connectivity index (χ1) is 15.7. The standard InChI is InChI=1S/C24H32O8/c1-26-16-29-15-20-21(25)22(30-14-18-9-11-19(27-2)12-10-18)23(24(28-3)32-20)31-13-17-7-5-4-6-8-17/h4-12,20-25H,13-16H2,1-3H3/t20-,21+,22+,23+,24-/m1/s1. The molecule has 2 aromatic rings. The molecular formula is C24H32O8. The summed E-state index contributed by atoms with van der Waals surface area (Å²) in [5.74, 6) is 0.763. The SMILES string of the molecule is COCOC[C@H]1O[C@@H](OC)[C@@H](OCc2ccccc2)[C@@H](OCc2ccc(OC)cc2)[C@H]1O. The molecular weight excluding hydrogens is 416 g/mol. The van der Waals surface area contributed by atoms with E-state index in [9.17, 15) is 5.11 Å².